The molecule has 5 nitrogen and oxygen atoms in total. The van der Waals surface area contributed by atoms with Gasteiger partial charge < -0.3 is 20.1 Å². The maximum absolute atomic E-state index is 11.8. The summed E-state index contributed by atoms with van der Waals surface area (Å²) in [5, 5.41) is 12.2. The molecule has 15 heavy (non-hydrogen) atoms. The summed E-state index contributed by atoms with van der Waals surface area (Å²) in [4.78, 5) is 13.5. The quantitative estimate of drug-likeness (QED) is 0.646. The van der Waals surface area contributed by atoms with Gasteiger partial charge in [-0.2, -0.15) is 0 Å². The molecule has 0 bridgehead atoms. The third-order valence-corrected chi connectivity index (χ3v) is 2.48. The fourth-order valence-corrected chi connectivity index (χ4v) is 1.48. The number of hydrogen-bond donors (Lipinski definition) is 2. The van der Waals surface area contributed by atoms with Gasteiger partial charge in [0.25, 0.3) is 0 Å². The minimum atomic E-state index is -0.365. The second-order valence-electron chi connectivity index (χ2n) is 3.98. The maximum Gasteiger partial charge on any atom is 0.241 e. The van der Waals surface area contributed by atoms with Crippen LogP contribution in [0.15, 0.2) is 0 Å². The largest absolute Gasteiger partial charge is 0.393 e. The summed E-state index contributed by atoms with van der Waals surface area (Å²) in [5.41, 5.74) is 0. The second-order valence-corrected chi connectivity index (χ2v) is 3.98. The van der Waals surface area contributed by atoms with E-state index < -0.39 is 0 Å². The summed E-state index contributed by atoms with van der Waals surface area (Å²) in [5.74, 6) is 0.0374. The van der Waals surface area contributed by atoms with Crippen LogP contribution in [-0.4, -0.2) is 61.4 Å². The lowest BCUT2D eigenvalue weighted by Crippen LogP contribution is -2.51. The molecule has 0 aliphatic carbocycles. The van der Waals surface area contributed by atoms with Crippen LogP contribution in [0.2, 0.25) is 0 Å². The Morgan fingerprint density at radius 3 is 3.00 bits per heavy atom. The van der Waals surface area contributed by atoms with E-state index in [1.807, 2.05) is 0 Å². The van der Waals surface area contributed by atoms with Gasteiger partial charge in [-0.25, -0.2) is 0 Å². The van der Waals surface area contributed by atoms with Crippen molar-refractivity contribution >= 4 is 5.91 Å². The van der Waals surface area contributed by atoms with Crippen LogP contribution in [0.4, 0.5) is 0 Å². The first-order chi connectivity index (χ1) is 7.11. The number of carbonyl (C=O) groups excluding carboxylic acids is 1. The third-order valence-electron chi connectivity index (χ3n) is 2.48. The number of ether oxygens (including phenoxy) is 1. The molecule has 0 saturated carbocycles. The van der Waals surface area contributed by atoms with Crippen LogP contribution in [0.5, 0.6) is 0 Å². The lowest BCUT2D eigenvalue weighted by atomic mass is 10.2. The first-order valence-corrected chi connectivity index (χ1v) is 5.35. The molecule has 1 aliphatic rings. The van der Waals surface area contributed by atoms with Crippen LogP contribution in [-0.2, 0) is 9.53 Å². The Bertz CT molecular complexity index is 203. The highest BCUT2D eigenvalue weighted by Crippen LogP contribution is 2.00. The van der Waals surface area contributed by atoms with Gasteiger partial charge in [-0.05, 0) is 13.3 Å². The molecule has 0 aromatic heterocycles. The molecule has 1 rings (SSSR count). The molecule has 1 saturated heterocycles. The topological polar surface area (TPSA) is 61.8 Å². The van der Waals surface area contributed by atoms with Gasteiger partial charge in [0.2, 0.25) is 5.91 Å². The lowest BCUT2D eigenvalue weighted by Gasteiger charge is -2.27. The predicted molar refractivity (Wildman–Crippen MR) is 56.5 cm³/mol. The second kappa shape index (κ2) is 6.05. The molecule has 1 fully saturated rings. The molecule has 88 valence electrons. The maximum atomic E-state index is 11.8. The summed E-state index contributed by atoms with van der Waals surface area (Å²) < 4.78 is 5.22. The molecule has 0 radical (unpaired) electrons. The van der Waals surface area contributed by atoms with Gasteiger partial charge in [-0.1, -0.05) is 0 Å². The Hall–Kier alpha value is -0.650. The lowest BCUT2D eigenvalue weighted by molar-refractivity contribution is -0.135. The highest BCUT2D eigenvalue weighted by molar-refractivity contribution is 5.81. The van der Waals surface area contributed by atoms with Crippen molar-refractivity contribution in [2.75, 3.05) is 33.4 Å². The van der Waals surface area contributed by atoms with E-state index in [2.05, 4.69) is 5.32 Å². The molecule has 0 aromatic carbocycles. The first kappa shape index (κ1) is 12.4. The number of likely N-dealkylation sites (N-methyl/N-ethyl adjacent to an activating group) is 1. The predicted octanol–water partition coefficient (Wildman–Crippen LogP) is -0.796. The van der Waals surface area contributed by atoms with Gasteiger partial charge in [0.1, 0.15) is 6.04 Å². The molecule has 1 heterocycles. The van der Waals surface area contributed by atoms with E-state index >= 15 is 0 Å². The van der Waals surface area contributed by atoms with Crippen molar-refractivity contribution in [3.8, 4) is 0 Å². The number of rotatable bonds is 4. The average Bonchev–Trinajstić information content (AvgIpc) is 2.26. The van der Waals surface area contributed by atoms with Crippen molar-refractivity contribution in [1.29, 1.82) is 0 Å². The molecule has 2 atom stereocenters. The number of nitrogens with one attached hydrogen (secondary N) is 1. The molecule has 1 aliphatic heterocycles. The fourth-order valence-electron chi connectivity index (χ4n) is 1.48. The zero-order valence-corrected chi connectivity index (χ0v) is 9.40. The van der Waals surface area contributed by atoms with Crippen LogP contribution in [0.25, 0.3) is 0 Å². The van der Waals surface area contributed by atoms with Crippen LogP contribution >= 0.6 is 0 Å². The van der Waals surface area contributed by atoms with E-state index in [1.165, 1.54) is 0 Å². The Morgan fingerprint density at radius 1 is 1.73 bits per heavy atom. The molecule has 1 amide bonds. The fraction of sp³-hybridized carbons (Fsp3) is 0.900. The van der Waals surface area contributed by atoms with Crippen molar-refractivity contribution in [3.05, 3.63) is 0 Å². The first-order valence-electron chi connectivity index (χ1n) is 5.35. The van der Waals surface area contributed by atoms with Crippen LogP contribution in [0.3, 0.4) is 0 Å². The van der Waals surface area contributed by atoms with Crippen molar-refractivity contribution in [1.82, 2.24) is 10.2 Å². The van der Waals surface area contributed by atoms with Gasteiger partial charge in [-0.15, -0.1) is 0 Å². The molecule has 2 N–H and O–H groups in total. The van der Waals surface area contributed by atoms with Gasteiger partial charge in [-0.3, -0.25) is 4.79 Å². The summed E-state index contributed by atoms with van der Waals surface area (Å²) in [6.45, 7) is 4.13. The molecule has 0 aromatic rings. The minimum absolute atomic E-state index is 0.0374. The zero-order chi connectivity index (χ0) is 11.3. The van der Waals surface area contributed by atoms with Crippen molar-refractivity contribution in [2.24, 2.45) is 0 Å². The number of morpholine rings is 1. The van der Waals surface area contributed by atoms with E-state index in [-0.39, 0.29) is 18.1 Å². The number of hydrogen-bond acceptors (Lipinski definition) is 4. The summed E-state index contributed by atoms with van der Waals surface area (Å²) in [6.07, 6.45) is 0.242. The van der Waals surface area contributed by atoms with Crippen molar-refractivity contribution in [2.45, 2.75) is 25.5 Å². The smallest absolute Gasteiger partial charge is 0.241 e. The van der Waals surface area contributed by atoms with Gasteiger partial charge in [0.15, 0.2) is 0 Å². The molecular weight excluding hydrogens is 196 g/mol. The highest BCUT2D eigenvalue weighted by atomic mass is 16.5. The molecule has 2 unspecified atom stereocenters. The van der Waals surface area contributed by atoms with Gasteiger partial charge in [0.05, 0.1) is 19.3 Å². The molecular formula is C10H20N2O3. The Kier molecular flexibility index (Phi) is 5.01. The van der Waals surface area contributed by atoms with E-state index in [4.69, 9.17) is 9.84 Å². The van der Waals surface area contributed by atoms with E-state index in [9.17, 15) is 4.79 Å². The van der Waals surface area contributed by atoms with Crippen molar-refractivity contribution in [3.63, 3.8) is 0 Å². The number of amides is 1. The minimum Gasteiger partial charge on any atom is -0.393 e. The highest BCUT2D eigenvalue weighted by Gasteiger charge is 2.23. The van der Waals surface area contributed by atoms with Crippen LogP contribution < -0.4 is 5.32 Å². The van der Waals surface area contributed by atoms with E-state index in [0.29, 0.717) is 26.2 Å². The third kappa shape index (κ3) is 4.15. The SMILES string of the molecule is CC(O)CCN(C)C(=O)C1COCCN1. The number of aliphatic hydroxyl groups excluding tert-OH is 1. The normalized spacial score (nSPS) is 23.5. The van der Waals surface area contributed by atoms with Crippen LogP contribution in [0, 0.1) is 0 Å². The number of aliphatic hydroxyl groups is 1. The van der Waals surface area contributed by atoms with Crippen LogP contribution in [0.1, 0.15) is 13.3 Å². The summed E-state index contributed by atoms with van der Waals surface area (Å²) in [6, 6.07) is -0.224. The van der Waals surface area contributed by atoms with Gasteiger partial charge >= 0.3 is 0 Å². The molecule has 5 heteroatoms. The average molecular weight is 216 g/mol. The monoisotopic (exact) mass is 216 g/mol. The van der Waals surface area contributed by atoms with Gasteiger partial charge in [0, 0.05) is 20.1 Å². The Balaban J connectivity index is 2.30. The Morgan fingerprint density at radius 2 is 2.47 bits per heavy atom. The Labute approximate surface area is 90.4 Å². The standard InChI is InChI=1S/C10H20N2O3/c1-8(13)3-5-12(2)10(14)9-7-15-6-4-11-9/h8-9,11,13H,3-7H2,1-2H3. The number of carbonyl (C=O) groups is 1. The molecule has 0 spiro atoms. The zero-order valence-electron chi connectivity index (χ0n) is 9.40. The van der Waals surface area contributed by atoms with Crippen molar-refractivity contribution < 1.29 is 14.6 Å². The summed E-state index contributed by atoms with van der Waals surface area (Å²) >= 11 is 0. The number of nitrogens with zero attached hydrogens (tertiary/aromatic N) is 1. The summed E-state index contributed by atoms with van der Waals surface area (Å²) in [7, 11) is 1.75. The van der Waals surface area contributed by atoms with E-state index in [1.54, 1.807) is 18.9 Å². The van der Waals surface area contributed by atoms with E-state index in [0.717, 1.165) is 6.54 Å².